The van der Waals surface area contributed by atoms with E-state index in [1.54, 1.807) is 23.0 Å². The summed E-state index contributed by atoms with van der Waals surface area (Å²) in [5.41, 5.74) is 1.79. The summed E-state index contributed by atoms with van der Waals surface area (Å²) in [6, 6.07) is 38.5. The number of hydrogen-bond donors (Lipinski definition) is 1. The lowest BCUT2D eigenvalue weighted by Gasteiger charge is -2.37. The maximum Gasteiger partial charge on any atom is 0.269 e. The van der Waals surface area contributed by atoms with Crippen LogP contribution in [0.5, 0.6) is 5.75 Å². The minimum Gasteiger partial charge on any atom is -0.497 e. The molecule has 1 fully saturated rings. The highest BCUT2D eigenvalue weighted by Gasteiger charge is 2.66. The third kappa shape index (κ3) is 7.76. The molecule has 1 N–H and O–H groups in total. The highest BCUT2D eigenvalue weighted by molar-refractivity contribution is 6.91. The summed E-state index contributed by atoms with van der Waals surface area (Å²) in [6.07, 6.45) is -0.0658. The van der Waals surface area contributed by atoms with Gasteiger partial charge in [0.2, 0.25) is 12.3 Å². The smallest absolute Gasteiger partial charge is 0.269 e. The molecule has 1 spiro atoms. The molecule has 4 atom stereocenters. The SMILES string of the molecule is COc1ccc([Si](C)(C)[C@@H]2[C@@H](CC(=O)N(CCO)Cc3ccccc3)O[C@]3(C(=O)N(Cc4ccc(N(C=O)c5ccccc5)cc4)c4ccc([N+](=O)[O-])cc43)[C@H]2C)cc1. The highest BCUT2D eigenvalue weighted by Crippen LogP contribution is 2.60. The number of benzene rings is 5. The molecule has 2 heterocycles. The zero-order chi connectivity index (χ0) is 41.9. The second kappa shape index (κ2) is 17.0. The van der Waals surface area contributed by atoms with Crippen LogP contribution in [0.1, 0.15) is 30.0 Å². The van der Waals surface area contributed by atoms with E-state index >= 15 is 4.79 Å². The van der Waals surface area contributed by atoms with Crippen molar-refractivity contribution in [3.05, 3.63) is 154 Å². The molecule has 304 valence electrons. The first-order valence-corrected chi connectivity index (χ1v) is 22.7. The number of fused-ring (bicyclic) bond motifs is 2. The molecule has 13 heteroatoms. The van der Waals surface area contributed by atoms with E-state index in [0.29, 0.717) is 28.4 Å². The zero-order valence-corrected chi connectivity index (χ0v) is 34.6. The Morgan fingerprint density at radius 2 is 1.58 bits per heavy atom. The van der Waals surface area contributed by atoms with E-state index in [0.717, 1.165) is 22.7 Å². The predicted molar refractivity (Wildman–Crippen MR) is 229 cm³/mol. The summed E-state index contributed by atoms with van der Waals surface area (Å²) in [4.78, 5) is 58.4. The number of nitrogens with zero attached hydrogens (tertiary/aromatic N) is 4. The van der Waals surface area contributed by atoms with Crippen molar-refractivity contribution in [3.8, 4) is 5.75 Å². The molecular weight excluding hydrogens is 765 g/mol. The van der Waals surface area contributed by atoms with Gasteiger partial charge in [0.1, 0.15) is 5.75 Å². The number of ether oxygens (including phenoxy) is 2. The van der Waals surface area contributed by atoms with Crippen LogP contribution in [0.15, 0.2) is 127 Å². The molecule has 0 aromatic heterocycles. The minimum absolute atomic E-state index is 0.0657. The first kappa shape index (κ1) is 41.0. The fraction of sp³-hybridized carbons (Fsp3) is 0.283. The molecule has 2 aliphatic heterocycles. The van der Waals surface area contributed by atoms with Crippen LogP contribution in [0.4, 0.5) is 22.7 Å². The van der Waals surface area contributed by atoms with Crippen molar-refractivity contribution in [2.24, 2.45) is 5.92 Å². The quantitative estimate of drug-likeness (QED) is 0.0512. The molecule has 0 radical (unpaired) electrons. The van der Waals surface area contributed by atoms with E-state index in [9.17, 15) is 24.8 Å². The summed E-state index contributed by atoms with van der Waals surface area (Å²) >= 11 is 0. The van der Waals surface area contributed by atoms with Crippen molar-refractivity contribution >= 4 is 54.2 Å². The second-order valence-electron chi connectivity index (χ2n) is 15.7. The van der Waals surface area contributed by atoms with Gasteiger partial charge >= 0.3 is 0 Å². The average molecular weight is 813 g/mol. The van der Waals surface area contributed by atoms with Gasteiger partial charge in [-0.25, -0.2) is 0 Å². The topological polar surface area (TPSA) is 143 Å². The van der Waals surface area contributed by atoms with Crippen molar-refractivity contribution in [3.63, 3.8) is 0 Å². The number of rotatable bonds is 15. The van der Waals surface area contributed by atoms with E-state index in [4.69, 9.17) is 9.47 Å². The number of amides is 3. The lowest BCUT2D eigenvalue weighted by molar-refractivity contribution is -0.385. The van der Waals surface area contributed by atoms with Gasteiger partial charge in [0.15, 0.2) is 5.60 Å². The number of carbonyl (C=O) groups excluding carboxylic acids is 3. The minimum atomic E-state index is -2.67. The summed E-state index contributed by atoms with van der Waals surface area (Å²) in [5, 5.41) is 23.4. The molecule has 5 aromatic rings. The van der Waals surface area contributed by atoms with Gasteiger partial charge in [0, 0.05) is 48.1 Å². The number of hydrogen-bond acceptors (Lipinski definition) is 8. The number of anilines is 3. The first-order chi connectivity index (χ1) is 28.4. The monoisotopic (exact) mass is 812 g/mol. The Labute approximate surface area is 344 Å². The Hall–Kier alpha value is -6.15. The average Bonchev–Trinajstić information content (AvgIpc) is 3.67. The van der Waals surface area contributed by atoms with E-state index in [2.05, 4.69) is 13.1 Å². The summed E-state index contributed by atoms with van der Waals surface area (Å²) in [7, 11) is -1.06. The lowest BCUT2D eigenvalue weighted by atomic mass is 9.82. The molecular formula is C46H48N4O8Si. The number of methoxy groups -OCH3 is 1. The van der Waals surface area contributed by atoms with E-state index in [1.165, 1.54) is 17.0 Å². The molecule has 2 aliphatic rings. The van der Waals surface area contributed by atoms with Crippen molar-refractivity contribution < 1.29 is 33.9 Å². The molecule has 3 amide bonds. The molecule has 1 saturated heterocycles. The molecule has 0 saturated carbocycles. The van der Waals surface area contributed by atoms with Crippen LogP contribution >= 0.6 is 0 Å². The summed E-state index contributed by atoms with van der Waals surface area (Å²) in [6.45, 7) is 6.68. The van der Waals surface area contributed by atoms with Gasteiger partial charge in [-0.2, -0.15) is 0 Å². The molecule has 5 aromatic carbocycles. The number of carbonyl (C=O) groups is 3. The molecule has 59 heavy (non-hydrogen) atoms. The molecule has 0 unspecified atom stereocenters. The number of nitro benzene ring substituents is 1. The van der Waals surface area contributed by atoms with Crippen molar-refractivity contribution in [1.82, 2.24) is 4.90 Å². The van der Waals surface area contributed by atoms with Crippen LogP contribution in [-0.4, -0.2) is 67.6 Å². The Kier molecular flexibility index (Phi) is 11.8. The van der Waals surface area contributed by atoms with E-state index in [1.807, 2.05) is 116 Å². The standard InChI is InChI=1S/C46H48N4O8Si/c1-32-44(59(3,4)39-22-20-38(57-2)21-23-39)42(28-43(53)47(25-26-51)29-33-11-7-5-8-12-33)58-46(32)40-27-37(50(55)56)19-24-41(40)48(45(46)54)30-34-15-17-36(18-16-34)49(31-52)35-13-9-6-10-14-35/h5-24,27,31-32,42,44,51H,25-26,28-30H2,1-4H3/t32-,42+,44-,46+/m0/s1. The number of para-hydroxylation sites is 1. The predicted octanol–water partition coefficient (Wildman–Crippen LogP) is 7.07. The number of nitro groups is 1. The molecule has 0 bridgehead atoms. The van der Waals surface area contributed by atoms with Crippen LogP contribution in [0.25, 0.3) is 0 Å². The van der Waals surface area contributed by atoms with Crippen molar-refractivity contribution in [2.45, 2.75) is 56.8 Å². The van der Waals surface area contributed by atoms with Gasteiger partial charge in [-0.15, -0.1) is 0 Å². The van der Waals surface area contributed by atoms with Gasteiger partial charge in [0.25, 0.3) is 11.6 Å². The third-order valence-corrected chi connectivity index (χ3v) is 16.4. The maximum absolute atomic E-state index is 15.3. The fourth-order valence-electron chi connectivity index (χ4n) is 9.09. The van der Waals surface area contributed by atoms with Crippen LogP contribution in [0.3, 0.4) is 0 Å². The van der Waals surface area contributed by atoms with Gasteiger partial charge in [-0.05, 0) is 59.1 Å². The first-order valence-electron chi connectivity index (χ1n) is 19.7. The third-order valence-electron chi connectivity index (χ3n) is 12.0. The van der Waals surface area contributed by atoms with E-state index in [-0.39, 0.29) is 55.7 Å². The molecule has 12 nitrogen and oxygen atoms in total. The Balaban J connectivity index is 1.28. The van der Waals surface area contributed by atoms with Crippen LogP contribution in [0.2, 0.25) is 18.6 Å². The van der Waals surface area contributed by atoms with Gasteiger partial charge < -0.3 is 24.4 Å². The Morgan fingerprint density at radius 1 is 0.932 bits per heavy atom. The van der Waals surface area contributed by atoms with Crippen LogP contribution < -0.4 is 19.7 Å². The summed E-state index contributed by atoms with van der Waals surface area (Å²) in [5.74, 6) is -0.410. The Morgan fingerprint density at radius 3 is 2.19 bits per heavy atom. The molecule has 7 rings (SSSR count). The van der Waals surface area contributed by atoms with Crippen LogP contribution in [0, 0.1) is 16.0 Å². The normalized spacial score (nSPS) is 19.7. The lowest BCUT2D eigenvalue weighted by Crippen LogP contribution is -2.52. The largest absolute Gasteiger partial charge is 0.497 e. The van der Waals surface area contributed by atoms with Gasteiger partial charge in [0.05, 0.1) is 51.5 Å². The Bertz CT molecular complexity index is 2310. The second-order valence-corrected chi connectivity index (χ2v) is 20.4. The molecule has 0 aliphatic carbocycles. The van der Waals surface area contributed by atoms with Crippen molar-refractivity contribution in [1.29, 1.82) is 0 Å². The van der Waals surface area contributed by atoms with Gasteiger partial charge in [-0.3, -0.25) is 29.4 Å². The number of non-ortho nitro benzene ring substituents is 1. The highest BCUT2D eigenvalue weighted by atomic mass is 28.3. The van der Waals surface area contributed by atoms with Crippen molar-refractivity contribution in [2.75, 3.05) is 30.1 Å². The maximum atomic E-state index is 15.3. The van der Waals surface area contributed by atoms with E-state index < -0.39 is 30.6 Å². The summed E-state index contributed by atoms with van der Waals surface area (Å²) < 4.78 is 12.6. The fourth-order valence-corrected chi connectivity index (χ4v) is 13.1. The zero-order valence-electron chi connectivity index (χ0n) is 33.6. The number of aliphatic hydroxyl groups excluding tert-OH is 1. The van der Waals surface area contributed by atoms with Crippen LogP contribution in [-0.2, 0) is 37.8 Å². The number of aliphatic hydroxyl groups is 1. The van der Waals surface area contributed by atoms with Gasteiger partial charge in [-0.1, -0.05) is 98.0 Å².